The van der Waals surface area contributed by atoms with Gasteiger partial charge in [-0.1, -0.05) is 29.3 Å². The second kappa shape index (κ2) is 6.46. The lowest BCUT2D eigenvalue weighted by atomic mass is 10.1. The molecular formula is C14H19Br2NO2S. The lowest BCUT2D eigenvalue weighted by Crippen LogP contribution is -2.29. The average Bonchev–Trinajstić information content (AvgIpc) is 2.77. The zero-order chi connectivity index (χ0) is 14.9. The number of hydrogen-bond acceptors (Lipinski definition) is 2. The molecule has 1 aliphatic carbocycles. The summed E-state index contributed by atoms with van der Waals surface area (Å²) in [6.07, 6.45) is 3.43. The molecule has 0 radical (unpaired) electrons. The van der Waals surface area contributed by atoms with Gasteiger partial charge in [-0.2, -0.15) is 0 Å². The first-order valence-electron chi connectivity index (χ1n) is 6.75. The minimum atomic E-state index is -3.46. The van der Waals surface area contributed by atoms with Crippen molar-refractivity contribution >= 4 is 41.9 Å². The fourth-order valence-corrected chi connectivity index (χ4v) is 5.44. The molecule has 2 unspecified atom stereocenters. The fraction of sp³-hybridized carbons (Fsp3) is 0.571. The molecule has 1 aliphatic rings. The quantitative estimate of drug-likeness (QED) is 0.785. The van der Waals surface area contributed by atoms with Crippen LogP contribution in [0.15, 0.2) is 26.0 Å². The Hall–Kier alpha value is 0.0900. The van der Waals surface area contributed by atoms with Crippen molar-refractivity contribution in [3.05, 3.63) is 26.6 Å². The van der Waals surface area contributed by atoms with E-state index < -0.39 is 10.0 Å². The highest BCUT2D eigenvalue weighted by Crippen LogP contribution is 2.31. The van der Waals surface area contributed by atoms with Crippen LogP contribution in [0.5, 0.6) is 0 Å². The summed E-state index contributed by atoms with van der Waals surface area (Å²) in [5.41, 5.74) is 1.00. The number of halogens is 2. The molecular weight excluding hydrogens is 406 g/mol. The van der Waals surface area contributed by atoms with Crippen molar-refractivity contribution in [2.24, 2.45) is 11.8 Å². The van der Waals surface area contributed by atoms with Crippen LogP contribution >= 0.6 is 31.9 Å². The third-order valence-corrected chi connectivity index (χ3v) is 7.10. The zero-order valence-corrected chi connectivity index (χ0v) is 15.6. The van der Waals surface area contributed by atoms with Gasteiger partial charge in [0, 0.05) is 15.5 Å². The van der Waals surface area contributed by atoms with Crippen LogP contribution in [0.25, 0.3) is 0 Å². The summed E-state index contributed by atoms with van der Waals surface area (Å²) in [6, 6.07) is 3.47. The van der Waals surface area contributed by atoms with Crippen molar-refractivity contribution in [3.8, 4) is 0 Å². The van der Waals surface area contributed by atoms with Crippen LogP contribution < -0.4 is 4.72 Å². The summed E-state index contributed by atoms with van der Waals surface area (Å²) in [6.45, 7) is 4.69. The fourth-order valence-electron chi connectivity index (χ4n) is 2.65. The van der Waals surface area contributed by atoms with E-state index in [1.54, 1.807) is 6.07 Å². The molecule has 0 bridgehead atoms. The van der Waals surface area contributed by atoms with Gasteiger partial charge in [0.15, 0.2) is 0 Å². The molecule has 0 spiro atoms. The predicted octanol–water partition coefficient (Wildman–Crippen LogP) is 4.23. The number of sulfonamides is 1. The van der Waals surface area contributed by atoms with E-state index in [9.17, 15) is 8.42 Å². The van der Waals surface area contributed by atoms with Crippen LogP contribution in [-0.2, 0) is 10.0 Å². The highest BCUT2D eigenvalue weighted by molar-refractivity contribution is 9.11. The second-order valence-corrected chi connectivity index (χ2v) is 9.11. The molecule has 0 aromatic heterocycles. The maximum Gasteiger partial charge on any atom is 0.241 e. The number of nitrogens with one attached hydrogen (secondary N) is 1. The van der Waals surface area contributed by atoms with Crippen LogP contribution in [0.2, 0.25) is 0 Å². The van der Waals surface area contributed by atoms with Crippen LogP contribution in [0.1, 0.15) is 31.7 Å². The first-order chi connectivity index (χ1) is 9.29. The monoisotopic (exact) mass is 423 g/mol. The van der Waals surface area contributed by atoms with Gasteiger partial charge in [0.2, 0.25) is 10.0 Å². The molecule has 1 fully saturated rings. The Labute approximate surface area is 137 Å². The van der Waals surface area contributed by atoms with Crippen molar-refractivity contribution in [2.75, 3.05) is 6.54 Å². The van der Waals surface area contributed by atoms with Crippen molar-refractivity contribution in [2.45, 2.75) is 38.0 Å². The molecule has 1 aromatic carbocycles. The lowest BCUT2D eigenvalue weighted by molar-refractivity contribution is 0.498. The van der Waals surface area contributed by atoms with Crippen LogP contribution in [0, 0.1) is 18.8 Å². The van der Waals surface area contributed by atoms with Gasteiger partial charge in [0.25, 0.3) is 0 Å². The van der Waals surface area contributed by atoms with Crippen molar-refractivity contribution in [1.82, 2.24) is 4.72 Å². The Bertz CT molecular complexity index is 601. The van der Waals surface area contributed by atoms with Crippen LogP contribution in [0.4, 0.5) is 0 Å². The summed E-state index contributed by atoms with van der Waals surface area (Å²) in [4.78, 5) is 0.293. The smallest absolute Gasteiger partial charge is 0.211 e. The molecule has 0 amide bonds. The Balaban J connectivity index is 2.12. The largest absolute Gasteiger partial charge is 0.241 e. The van der Waals surface area contributed by atoms with Gasteiger partial charge in [-0.25, -0.2) is 13.1 Å². The molecule has 112 valence electrons. The number of benzene rings is 1. The van der Waals surface area contributed by atoms with Gasteiger partial charge in [0.05, 0.1) is 4.90 Å². The molecule has 0 aliphatic heterocycles. The van der Waals surface area contributed by atoms with Crippen molar-refractivity contribution < 1.29 is 8.42 Å². The predicted molar refractivity (Wildman–Crippen MR) is 88.3 cm³/mol. The normalized spacial score (nSPS) is 23.2. The van der Waals surface area contributed by atoms with Gasteiger partial charge >= 0.3 is 0 Å². The summed E-state index contributed by atoms with van der Waals surface area (Å²) in [5, 5.41) is 0. The van der Waals surface area contributed by atoms with Gasteiger partial charge in [-0.05, 0) is 65.2 Å². The van der Waals surface area contributed by atoms with Crippen molar-refractivity contribution in [1.29, 1.82) is 0 Å². The molecule has 6 heteroatoms. The number of rotatable bonds is 4. The van der Waals surface area contributed by atoms with Crippen LogP contribution in [0.3, 0.4) is 0 Å². The molecule has 1 saturated carbocycles. The topological polar surface area (TPSA) is 46.2 Å². The summed E-state index contributed by atoms with van der Waals surface area (Å²) >= 11 is 6.73. The average molecular weight is 425 g/mol. The van der Waals surface area contributed by atoms with E-state index in [4.69, 9.17) is 0 Å². The minimum absolute atomic E-state index is 0.293. The molecule has 0 saturated heterocycles. The standard InChI is InChI=1S/C14H19Br2NO2S/c1-9-3-4-11(5-9)8-17-20(18,19)14-7-12(15)10(2)6-13(14)16/h6-7,9,11,17H,3-5,8H2,1-2H3. The minimum Gasteiger partial charge on any atom is -0.211 e. The summed E-state index contributed by atoms with van der Waals surface area (Å²) in [7, 11) is -3.46. The molecule has 3 nitrogen and oxygen atoms in total. The van der Waals surface area contributed by atoms with E-state index in [0.717, 1.165) is 22.9 Å². The Kier molecular flexibility index (Phi) is 5.32. The highest BCUT2D eigenvalue weighted by Gasteiger charge is 2.24. The van der Waals surface area contributed by atoms with Crippen molar-refractivity contribution in [3.63, 3.8) is 0 Å². The van der Waals surface area contributed by atoms with E-state index >= 15 is 0 Å². The maximum absolute atomic E-state index is 12.4. The maximum atomic E-state index is 12.4. The molecule has 0 heterocycles. The SMILES string of the molecule is Cc1cc(Br)c(S(=O)(=O)NCC2CCC(C)C2)cc1Br. The summed E-state index contributed by atoms with van der Waals surface area (Å²) < 4.78 is 28.9. The van der Waals surface area contributed by atoms with Gasteiger partial charge in [-0.15, -0.1) is 0 Å². The third kappa shape index (κ3) is 3.84. The van der Waals surface area contributed by atoms with E-state index in [0.29, 0.717) is 27.7 Å². The van der Waals surface area contributed by atoms with Gasteiger partial charge < -0.3 is 0 Å². The summed E-state index contributed by atoms with van der Waals surface area (Å²) in [5.74, 6) is 1.18. The number of aryl methyl sites for hydroxylation is 1. The third-order valence-electron chi connectivity index (χ3n) is 3.87. The highest BCUT2D eigenvalue weighted by atomic mass is 79.9. The first-order valence-corrected chi connectivity index (χ1v) is 9.82. The second-order valence-electron chi connectivity index (χ2n) is 5.67. The Morgan fingerprint density at radius 1 is 1.25 bits per heavy atom. The first kappa shape index (κ1) is 16.5. The zero-order valence-electron chi connectivity index (χ0n) is 11.6. The van der Waals surface area contributed by atoms with E-state index in [1.807, 2.05) is 13.0 Å². The van der Waals surface area contributed by atoms with E-state index in [-0.39, 0.29) is 0 Å². The lowest BCUT2D eigenvalue weighted by Gasteiger charge is -2.13. The van der Waals surface area contributed by atoms with Crippen LogP contribution in [-0.4, -0.2) is 15.0 Å². The Morgan fingerprint density at radius 3 is 2.55 bits per heavy atom. The van der Waals surface area contributed by atoms with E-state index in [1.165, 1.54) is 6.42 Å². The van der Waals surface area contributed by atoms with Gasteiger partial charge in [0.1, 0.15) is 0 Å². The Morgan fingerprint density at radius 2 is 1.95 bits per heavy atom. The van der Waals surface area contributed by atoms with Gasteiger partial charge in [-0.3, -0.25) is 0 Å². The molecule has 20 heavy (non-hydrogen) atoms. The molecule has 1 aromatic rings. The van der Waals surface area contributed by atoms with E-state index in [2.05, 4.69) is 43.5 Å². The molecule has 2 rings (SSSR count). The molecule has 1 N–H and O–H groups in total. The number of hydrogen-bond donors (Lipinski definition) is 1. The molecule has 2 atom stereocenters.